The minimum Gasteiger partial charge on any atom is -0.333 e. The van der Waals surface area contributed by atoms with E-state index in [2.05, 4.69) is 16.2 Å². The Hall–Kier alpha value is 1.13. The molecule has 15 heavy (non-hydrogen) atoms. The van der Waals surface area contributed by atoms with Crippen LogP contribution in [0.5, 0.6) is 0 Å². The maximum absolute atomic E-state index is 6.11. The molecule has 0 aliphatic carbocycles. The van der Waals surface area contributed by atoms with Gasteiger partial charge in [-0.1, -0.05) is 13.8 Å². The van der Waals surface area contributed by atoms with Crippen LogP contribution in [0.2, 0.25) is 0 Å². The highest BCUT2D eigenvalue weighted by molar-refractivity contribution is 7.71. The molecule has 92 valence electrons. The Bertz CT molecular complexity index is 204. The molecule has 4 atom stereocenters. The smallest absolute Gasteiger partial charge is 0.113 e. The van der Waals surface area contributed by atoms with Crippen LogP contribution in [0, 0.1) is 0 Å². The Kier molecular flexibility index (Phi) is 6.63. The van der Waals surface area contributed by atoms with Crippen LogP contribution in [0.3, 0.4) is 0 Å². The first-order valence-corrected chi connectivity index (χ1v) is 8.40. The van der Waals surface area contributed by atoms with E-state index in [0.29, 0.717) is 0 Å². The molecule has 0 aliphatic rings. The Balaban J connectivity index is 4.61. The lowest BCUT2D eigenvalue weighted by Crippen LogP contribution is -2.33. The molecule has 0 rings (SSSR count). The van der Waals surface area contributed by atoms with Crippen LogP contribution in [0.1, 0.15) is 40.5 Å². The Labute approximate surface area is 98.0 Å². The standard InChI is InChI=1S/C8H24N3OP3/c1-5-7(3,13)12-15(11)8(4,6-2)14(9)10/h5-6,9-11,13H2,1-4H3. The maximum atomic E-state index is 6.11. The average molecular weight is 271 g/mol. The summed E-state index contributed by atoms with van der Waals surface area (Å²) >= 11 is 0. The maximum Gasteiger partial charge on any atom is 0.113 e. The molecule has 7 heteroatoms. The van der Waals surface area contributed by atoms with Crippen LogP contribution in [-0.2, 0) is 4.52 Å². The van der Waals surface area contributed by atoms with Gasteiger partial charge in [-0.25, -0.2) is 0 Å². The second-order valence-corrected chi connectivity index (χ2v) is 9.26. The molecule has 0 aliphatic heterocycles. The third kappa shape index (κ3) is 4.48. The molecule has 0 heterocycles. The van der Waals surface area contributed by atoms with E-state index in [4.69, 9.17) is 21.0 Å². The molecular weight excluding hydrogens is 247 g/mol. The first-order chi connectivity index (χ1) is 6.69. The zero-order chi connectivity index (χ0) is 12.3. The van der Waals surface area contributed by atoms with Crippen molar-refractivity contribution in [2.75, 3.05) is 0 Å². The lowest BCUT2D eigenvalue weighted by Gasteiger charge is -2.40. The molecule has 0 aromatic heterocycles. The molecule has 0 amide bonds. The molecule has 0 spiro atoms. The van der Waals surface area contributed by atoms with Gasteiger partial charge in [0, 0.05) is 8.22 Å². The van der Waals surface area contributed by atoms with Gasteiger partial charge in [0.1, 0.15) is 8.30 Å². The zero-order valence-corrected chi connectivity index (χ0v) is 13.0. The van der Waals surface area contributed by atoms with Gasteiger partial charge in [-0.15, -0.1) is 9.24 Å². The van der Waals surface area contributed by atoms with Crippen LogP contribution >= 0.6 is 25.8 Å². The fraction of sp³-hybridized carbons (Fsp3) is 1.00. The highest BCUT2D eigenvalue weighted by Crippen LogP contribution is 2.61. The fourth-order valence-corrected chi connectivity index (χ4v) is 3.67. The van der Waals surface area contributed by atoms with Crippen molar-refractivity contribution in [3.8, 4) is 0 Å². The first kappa shape index (κ1) is 16.1. The van der Waals surface area contributed by atoms with E-state index in [1.165, 1.54) is 0 Å². The molecule has 0 aromatic rings. The van der Waals surface area contributed by atoms with E-state index in [1.807, 2.05) is 20.8 Å². The summed E-state index contributed by atoms with van der Waals surface area (Å²) in [5.74, 6) is 0. The normalized spacial score (nSPS) is 22.2. The van der Waals surface area contributed by atoms with Gasteiger partial charge in [0.15, 0.2) is 0 Å². The van der Waals surface area contributed by atoms with Gasteiger partial charge in [0.25, 0.3) is 0 Å². The van der Waals surface area contributed by atoms with Gasteiger partial charge in [-0.05, 0) is 26.7 Å². The summed E-state index contributed by atoms with van der Waals surface area (Å²) < 4.78 is 5.87. The van der Waals surface area contributed by atoms with Crippen LogP contribution in [0.4, 0.5) is 0 Å². The van der Waals surface area contributed by atoms with E-state index in [1.54, 1.807) is 0 Å². The average Bonchev–Trinajstić information content (AvgIpc) is 2.15. The summed E-state index contributed by atoms with van der Waals surface area (Å²) in [5, 5.41) is -0.276. The predicted molar refractivity (Wildman–Crippen MR) is 74.6 cm³/mol. The van der Waals surface area contributed by atoms with Gasteiger partial charge in [-0.2, -0.15) is 0 Å². The molecule has 6 N–H and O–H groups in total. The highest BCUT2D eigenvalue weighted by atomic mass is 31.2. The van der Waals surface area contributed by atoms with Crippen LogP contribution in [0.25, 0.3) is 0 Å². The Morgan fingerprint density at radius 1 is 1.13 bits per heavy atom. The minimum absolute atomic E-state index is 0.266. The van der Waals surface area contributed by atoms with Crippen LogP contribution in [0.15, 0.2) is 0 Å². The van der Waals surface area contributed by atoms with Crippen molar-refractivity contribution in [1.82, 2.24) is 0 Å². The molecular formula is C8H24N3OP3. The summed E-state index contributed by atoms with van der Waals surface area (Å²) in [7, 11) is 0.511. The van der Waals surface area contributed by atoms with Gasteiger partial charge in [0.2, 0.25) is 0 Å². The van der Waals surface area contributed by atoms with Crippen molar-refractivity contribution < 1.29 is 4.52 Å². The van der Waals surface area contributed by atoms with Crippen LogP contribution in [-0.4, -0.2) is 10.2 Å². The summed E-state index contributed by atoms with van der Waals surface area (Å²) in [6.07, 6.45) is 1.74. The highest BCUT2D eigenvalue weighted by Gasteiger charge is 2.39. The van der Waals surface area contributed by atoms with Gasteiger partial charge in [0.05, 0.1) is 10.2 Å². The van der Waals surface area contributed by atoms with E-state index < -0.39 is 16.5 Å². The Morgan fingerprint density at radius 3 is 1.87 bits per heavy atom. The van der Waals surface area contributed by atoms with Gasteiger partial charge >= 0.3 is 0 Å². The lowest BCUT2D eigenvalue weighted by atomic mass is 10.3. The van der Waals surface area contributed by atoms with Crippen molar-refractivity contribution in [1.29, 1.82) is 0 Å². The van der Waals surface area contributed by atoms with Crippen LogP contribution < -0.4 is 16.5 Å². The number of hydrogen-bond donors (Lipinski definition) is 3. The minimum atomic E-state index is -1.10. The van der Waals surface area contributed by atoms with E-state index in [9.17, 15) is 0 Å². The second-order valence-electron chi connectivity index (χ2n) is 4.06. The summed E-state index contributed by atoms with van der Waals surface area (Å²) in [5.41, 5.74) is 17.8. The SMILES string of the molecule is CCC(C)(P)OP(N)C(C)(CC)P(N)N. The lowest BCUT2D eigenvalue weighted by molar-refractivity contribution is 0.199. The van der Waals surface area contributed by atoms with Crippen molar-refractivity contribution in [3.05, 3.63) is 0 Å². The van der Waals surface area contributed by atoms with Crippen molar-refractivity contribution >= 4 is 25.8 Å². The van der Waals surface area contributed by atoms with Crippen molar-refractivity contribution in [2.24, 2.45) is 16.5 Å². The largest absolute Gasteiger partial charge is 0.333 e. The number of hydrogen-bond acceptors (Lipinski definition) is 4. The number of nitrogens with two attached hydrogens (primary N) is 3. The molecule has 0 fully saturated rings. The summed E-state index contributed by atoms with van der Waals surface area (Å²) in [6.45, 7) is 8.13. The molecule has 0 radical (unpaired) electrons. The van der Waals surface area contributed by atoms with E-state index in [-0.39, 0.29) is 10.2 Å². The van der Waals surface area contributed by atoms with E-state index >= 15 is 0 Å². The molecule has 4 unspecified atom stereocenters. The topological polar surface area (TPSA) is 87.3 Å². The predicted octanol–water partition coefficient (Wildman–Crippen LogP) is 2.63. The molecule has 4 nitrogen and oxygen atoms in total. The zero-order valence-electron chi connectivity index (χ0n) is 10.0. The summed E-state index contributed by atoms with van der Waals surface area (Å²) in [4.78, 5) is -0.266. The van der Waals surface area contributed by atoms with E-state index in [0.717, 1.165) is 12.8 Å². The Morgan fingerprint density at radius 2 is 1.60 bits per heavy atom. The first-order valence-electron chi connectivity index (χ1n) is 5.02. The molecule has 0 saturated heterocycles. The monoisotopic (exact) mass is 271 g/mol. The molecule has 0 aromatic carbocycles. The van der Waals surface area contributed by atoms with Gasteiger partial charge < -0.3 is 4.52 Å². The summed E-state index contributed by atoms with van der Waals surface area (Å²) in [6, 6.07) is 0. The van der Waals surface area contributed by atoms with Crippen molar-refractivity contribution in [3.63, 3.8) is 0 Å². The quantitative estimate of drug-likeness (QED) is 0.648. The second kappa shape index (κ2) is 6.17. The van der Waals surface area contributed by atoms with Crippen molar-refractivity contribution in [2.45, 2.75) is 50.8 Å². The molecule has 0 bridgehead atoms. The van der Waals surface area contributed by atoms with Gasteiger partial charge in [-0.3, -0.25) is 16.5 Å². The number of rotatable bonds is 6. The third-order valence-corrected chi connectivity index (χ3v) is 8.03. The molecule has 0 saturated carbocycles. The third-order valence-electron chi connectivity index (χ3n) is 2.71. The fourth-order valence-electron chi connectivity index (χ4n) is 0.840.